The summed E-state index contributed by atoms with van der Waals surface area (Å²) in [6.45, 7) is 4.54. The first-order chi connectivity index (χ1) is 16.8. The van der Waals surface area contributed by atoms with Gasteiger partial charge in [-0.3, -0.25) is 9.59 Å². The highest BCUT2D eigenvalue weighted by Crippen LogP contribution is 2.65. The Bertz CT molecular complexity index is 1050. The van der Waals surface area contributed by atoms with Gasteiger partial charge in [0.25, 0.3) is 0 Å². The molecule has 0 radical (unpaired) electrons. The molecule has 1 aromatic rings. The Morgan fingerprint density at radius 1 is 1.11 bits per heavy atom. The number of nitrogens with zero attached hydrogens (tertiary/aromatic N) is 1. The highest BCUT2D eigenvalue weighted by Gasteiger charge is 2.57. The van der Waals surface area contributed by atoms with E-state index in [-0.39, 0.29) is 23.0 Å². The van der Waals surface area contributed by atoms with Gasteiger partial charge in [-0.1, -0.05) is 24.6 Å². The van der Waals surface area contributed by atoms with Crippen LogP contribution in [-0.2, 0) is 14.4 Å². The topological polar surface area (TPSA) is 74.7 Å². The van der Waals surface area contributed by atoms with Crippen LogP contribution < -0.4 is 4.90 Å². The Labute approximate surface area is 209 Å². The van der Waals surface area contributed by atoms with Gasteiger partial charge in [-0.2, -0.15) is 0 Å². The zero-order valence-electron chi connectivity index (χ0n) is 21.5. The molecule has 188 valence electrons. The van der Waals surface area contributed by atoms with E-state index < -0.39 is 0 Å². The molecule has 5 heteroatoms. The van der Waals surface area contributed by atoms with Crippen LogP contribution >= 0.6 is 0 Å². The van der Waals surface area contributed by atoms with Gasteiger partial charge in [-0.05, 0) is 97.6 Å². The van der Waals surface area contributed by atoms with Gasteiger partial charge in [0.2, 0.25) is 0 Å². The predicted octanol–water partition coefficient (Wildman–Crippen LogP) is 5.03. The van der Waals surface area contributed by atoms with E-state index in [2.05, 4.69) is 31.2 Å². The van der Waals surface area contributed by atoms with E-state index >= 15 is 0 Å². The van der Waals surface area contributed by atoms with Gasteiger partial charge in [0.1, 0.15) is 12.1 Å². The summed E-state index contributed by atoms with van der Waals surface area (Å²) in [5.41, 5.74) is 6.67. The number of aliphatic hydroxyl groups excluding tert-OH is 1. The largest absolute Gasteiger partial charge is 0.400 e. The maximum Gasteiger partial charge on any atom is 0.156 e. The molecule has 4 aliphatic rings. The lowest BCUT2D eigenvalue weighted by Crippen LogP contribution is -2.44. The van der Waals surface area contributed by atoms with E-state index in [1.165, 1.54) is 16.7 Å². The predicted molar refractivity (Wildman–Crippen MR) is 138 cm³/mol. The Kier molecular flexibility index (Phi) is 7.46. The van der Waals surface area contributed by atoms with Gasteiger partial charge in [0.15, 0.2) is 5.78 Å². The monoisotopic (exact) mass is 477 g/mol. The van der Waals surface area contributed by atoms with Crippen LogP contribution in [0.25, 0.3) is 0 Å². The number of anilines is 1. The van der Waals surface area contributed by atoms with Crippen LogP contribution in [0.3, 0.4) is 0 Å². The van der Waals surface area contributed by atoms with E-state index in [0.717, 1.165) is 57.6 Å². The molecule has 5 unspecified atom stereocenters. The minimum absolute atomic E-state index is 0.0317. The van der Waals surface area contributed by atoms with Crippen molar-refractivity contribution in [1.29, 1.82) is 0 Å². The molecule has 0 aromatic heterocycles. The number of hydrogen-bond donors (Lipinski definition) is 1. The minimum Gasteiger partial charge on any atom is -0.400 e. The molecule has 35 heavy (non-hydrogen) atoms. The van der Waals surface area contributed by atoms with Crippen LogP contribution in [0.1, 0.15) is 70.3 Å². The third-order valence-electron chi connectivity index (χ3n) is 9.31. The molecular weight excluding hydrogens is 438 g/mol. The fraction of sp³-hybridized carbons (Fsp3) is 0.567. The molecular formula is C30H39NO4. The van der Waals surface area contributed by atoms with E-state index in [1.54, 1.807) is 12.5 Å². The number of aldehydes is 1. The van der Waals surface area contributed by atoms with Crippen LogP contribution in [0.5, 0.6) is 0 Å². The van der Waals surface area contributed by atoms with E-state index in [1.807, 2.05) is 18.0 Å². The van der Waals surface area contributed by atoms with Crippen molar-refractivity contribution in [3.05, 3.63) is 52.6 Å². The lowest BCUT2D eigenvalue weighted by molar-refractivity contribution is -0.125. The molecule has 2 fully saturated rings. The molecule has 0 heterocycles. The zero-order valence-corrected chi connectivity index (χ0v) is 21.5. The van der Waals surface area contributed by atoms with Crippen LogP contribution in [0, 0.1) is 23.2 Å². The van der Waals surface area contributed by atoms with Crippen LogP contribution in [0.15, 0.2) is 47.1 Å². The van der Waals surface area contributed by atoms with Crippen molar-refractivity contribution in [2.24, 2.45) is 23.2 Å². The molecule has 0 amide bonds. The third-order valence-corrected chi connectivity index (χ3v) is 9.31. The van der Waals surface area contributed by atoms with E-state index in [4.69, 9.17) is 5.11 Å². The van der Waals surface area contributed by atoms with Crippen molar-refractivity contribution in [2.45, 2.75) is 64.7 Å². The van der Waals surface area contributed by atoms with Crippen LogP contribution in [-0.4, -0.2) is 43.7 Å². The highest BCUT2D eigenvalue weighted by molar-refractivity contribution is 5.93. The summed E-state index contributed by atoms with van der Waals surface area (Å²) in [5.74, 6) is 2.12. The maximum absolute atomic E-state index is 12.7. The molecule has 1 N–H and O–H groups in total. The Balaban J connectivity index is 0.00000141. The van der Waals surface area contributed by atoms with Gasteiger partial charge >= 0.3 is 0 Å². The van der Waals surface area contributed by atoms with Crippen molar-refractivity contribution in [1.82, 2.24) is 0 Å². The minimum atomic E-state index is 0.0317. The second-order valence-corrected chi connectivity index (χ2v) is 11.0. The van der Waals surface area contributed by atoms with E-state index in [0.29, 0.717) is 30.6 Å². The molecule has 0 saturated heterocycles. The number of aliphatic hydroxyl groups is 1. The number of allylic oxidation sites excluding steroid dienone is 4. The average Bonchev–Trinajstić information content (AvgIpc) is 3.22. The van der Waals surface area contributed by atoms with Crippen LogP contribution in [0.4, 0.5) is 5.69 Å². The maximum atomic E-state index is 12.7. The van der Waals surface area contributed by atoms with Crippen molar-refractivity contribution in [3.63, 3.8) is 0 Å². The van der Waals surface area contributed by atoms with Crippen LogP contribution in [0.2, 0.25) is 0 Å². The summed E-state index contributed by atoms with van der Waals surface area (Å²) in [5, 5.41) is 7.00. The fourth-order valence-corrected chi connectivity index (χ4v) is 7.80. The van der Waals surface area contributed by atoms with Gasteiger partial charge < -0.3 is 14.8 Å². The fourth-order valence-electron chi connectivity index (χ4n) is 7.80. The SMILES string of the molecule is CC(=O)C1CCC2C3CCC4=CC(=O)CCC4=C3C(c3ccc(N(C)CC=O)cc3)CC12C.CO. The lowest BCUT2D eigenvalue weighted by Gasteiger charge is -2.52. The van der Waals surface area contributed by atoms with Crippen molar-refractivity contribution < 1.29 is 19.5 Å². The molecule has 0 bridgehead atoms. The number of fused-ring (bicyclic) bond motifs is 4. The van der Waals surface area contributed by atoms with Gasteiger partial charge in [0, 0.05) is 38.1 Å². The third kappa shape index (κ3) is 4.44. The molecule has 0 spiro atoms. The number of hydrogen-bond acceptors (Lipinski definition) is 5. The van der Waals surface area contributed by atoms with Gasteiger partial charge in [-0.25, -0.2) is 0 Å². The summed E-state index contributed by atoms with van der Waals surface area (Å²) in [6.07, 6.45) is 9.58. The highest BCUT2D eigenvalue weighted by atomic mass is 16.2. The number of carbonyl (C=O) groups excluding carboxylic acids is 3. The first-order valence-corrected chi connectivity index (χ1v) is 13.0. The number of likely N-dealkylation sites (N-methyl/N-ethyl adjacent to an activating group) is 1. The second kappa shape index (κ2) is 10.2. The molecule has 5 nitrogen and oxygen atoms in total. The smallest absolute Gasteiger partial charge is 0.156 e. The summed E-state index contributed by atoms with van der Waals surface area (Å²) in [6, 6.07) is 8.68. The molecule has 1 aromatic carbocycles. The number of carbonyl (C=O) groups is 3. The molecule has 5 atom stereocenters. The average molecular weight is 478 g/mol. The molecule has 5 rings (SSSR count). The normalized spacial score (nSPS) is 31.3. The van der Waals surface area contributed by atoms with Gasteiger partial charge in [0.05, 0.1) is 6.54 Å². The molecule has 2 saturated carbocycles. The first kappa shape index (κ1) is 25.6. The van der Waals surface area contributed by atoms with Crippen molar-refractivity contribution in [2.75, 3.05) is 25.6 Å². The van der Waals surface area contributed by atoms with Gasteiger partial charge in [-0.15, -0.1) is 0 Å². The number of rotatable bonds is 5. The quantitative estimate of drug-likeness (QED) is 0.602. The van der Waals surface area contributed by atoms with Crippen molar-refractivity contribution >= 4 is 23.5 Å². The molecule has 0 aliphatic heterocycles. The second-order valence-electron chi connectivity index (χ2n) is 11.0. The first-order valence-electron chi connectivity index (χ1n) is 13.0. The Hall–Kier alpha value is -2.53. The number of Topliss-reactive ketones (excluding diaryl/α,β-unsaturated/α-hetero) is 1. The number of benzene rings is 1. The summed E-state index contributed by atoms with van der Waals surface area (Å²) >= 11 is 0. The Morgan fingerprint density at radius 3 is 2.49 bits per heavy atom. The summed E-state index contributed by atoms with van der Waals surface area (Å²) in [7, 11) is 2.93. The zero-order chi connectivity index (χ0) is 25.3. The number of ketones is 2. The molecule has 4 aliphatic carbocycles. The Morgan fingerprint density at radius 2 is 1.83 bits per heavy atom. The summed E-state index contributed by atoms with van der Waals surface area (Å²) < 4.78 is 0. The lowest BCUT2D eigenvalue weighted by atomic mass is 9.51. The standard InChI is InChI=1S/C29H35NO3.CH4O/c1-18(32)26-12-13-27-24-10-6-20-16-22(33)9-11-23(20)28(24)25(17-29(26,27)2)19-4-7-21(8-5-19)30(3)14-15-31;1-2/h4-5,7-8,15-16,24-27H,6,9-14,17H2,1-3H3;2H,1H3. The van der Waals surface area contributed by atoms with E-state index in [9.17, 15) is 14.4 Å². The summed E-state index contributed by atoms with van der Waals surface area (Å²) in [4.78, 5) is 37.7. The van der Waals surface area contributed by atoms with Crippen molar-refractivity contribution in [3.8, 4) is 0 Å².